The number of halogens is 2. The molecule has 0 spiro atoms. The number of rotatable bonds is 22. The average molecular weight is 1880 g/mol. The first kappa shape index (κ1) is 103. The maximum Gasteiger partial charge on any atom is 0.297 e. The van der Waals surface area contributed by atoms with Crippen LogP contribution in [-0.4, -0.2) is 269 Å². The normalized spacial score (nSPS) is 26.6. The number of phenolic OH excluding ortho intramolecular Hbond substituents is 1. The Labute approximate surface area is 696 Å². The van der Waals surface area contributed by atoms with Crippen LogP contribution in [0.2, 0.25) is 0 Å². The average Bonchev–Trinajstić information content (AvgIpc) is 1.69. The number of fused-ring (bicyclic) bond motifs is 2. The fourth-order valence-corrected chi connectivity index (χ4v) is 12.1. The summed E-state index contributed by atoms with van der Waals surface area (Å²) in [5, 5.41) is 109. The quantitative estimate of drug-likeness (QED) is 0.0231. The number of phenols is 1. The number of nitrogens with one attached hydrogen (secondary N) is 10. The first-order chi connectivity index (χ1) is 51.8. The second-order valence-corrected chi connectivity index (χ2v) is 28.0. The Kier molecular flexibility index (Phi) is 49.2. The molecule has 0 aliphatic carbocycles. The van der Waals surface area contributed by atoms with Gasteiger partial charge in [0, 0.05) is 95.9 Å². The molecule has 0 saturated carbocycles. The number of amides is 13. The number of benzene rings is 1. The Morgan fingerprint density at radius 2 is 1.13 bits per heavy atom. The summed E-state index contributed by atoms with van der Waals surface area (Å²) in [5.74, 6) is -17.5. The van der Waals surface area contributed by atoms with Crippen molar-refractivity contribution in [2.45, 2.75) is 281 Å². The molecular weight excluding hydrogens is 1760 g/mol. The van der Waals surface area contributed by atoms with Gasteiger partial charge in [-0.3, -0.25) is 67.1 Å². The summed E-state index contributed by atoms with van der Waals surface area (Å²) in [4.78, 5) is 194. The fourth-order valence-electron chi connectivity index (χ4n) is 12.1. The van der Waals surface area contributed by atoms with Gasteiger partial charge in [0.1, 0.15) is 72.2 Å². The molecule has 13 amide bonds. The number of nitrogens with zero attached hydrogens (tertiary/aromatic N) is 2. The van der Waals surface area contributed by atoms with E-state index in [-0.39, 0.29) is 70.7 Å². The summed E-state index contributed by atoms with van der Waals surface area (Å²) in [5.41, 5.74) is 11.7. The van der Waals surface area contributed by atoms with Gasteiger partial charge < -0.3 is 127 Å². The number of esters is 1. The van der Waals surface area contributed by atoms with E-state index < -0.39 is 237 Å². The molecule has 3 aliphatic heterocycles. The number of ether oxygens (including phenoxy) is 1. The molecule has 0 bridgehead atoms. The summed E-state index contributed by atoms with van der Waals surface area (Å²) in [6.45, 7) is 14.7. The number of unbranched alkanes of at least 4 members (excludes halogenated alkanes) is 9. The number of aryl methyl sites for hydroxylation is 1. The van der Waals surface area contributed by atoms with Gasteiger partial charge >= 0.3 is 0 Å². The molecule has 0 aromatic heterocycles. The molecule has 111 heavy (non-hydrogen) atoms. The summed E-state index contributed by atoms with van der Waals surface area (Å²) >= 11 is 4.24. The van der Waals surface area contributed by atoms with Crippen molar-refractivity contribution in [1.29, 1.82) is 0 Å². The molecular formula is C71H116I2N14O23Y-2. The van der Waals surface area contributed by atoms with Gasteiger partial charge in [0.15, 0.2) is 5.91 Å². The maximum atomic E-state index is 14.7. The summed E-state index contributed by atoms with van der Waals surface area (Å²) < 4.78 is 5.13. The van der Waals surface area contributed by atoms with Gasteiger partial charge in [0.2, 0.25) is 70.9 Å². The topological polar surface area (TPSA) is 589 Å². The smallest absolute Gasteiger partial charge is 0.297 e. The van der Waals surface area contributed by atoms with E-state index in [9.17, 15) is 108 Å². The van der Waals surface area contributed by atoms with Crippen molar-refractivity contribution in [3.8, 4) is 5.75 Å². The number of carbonyl (C=O) groups excluding carboxylic acids is 14. The van der Waals surface area contributed by atoms with Crippen LogP contribution in [0.3, 0.4) is 0 Å². The van der Waals surface area contributed by atoms with Gasteiger partial charge in [-0.15, -0.1) is 6.61 Å². The standard InChI is InChI=1S/C59H91N14O23.C12H25.I2.Y/c1-24(2)42-57(93)73-23-32(78)20-35(73)51(87)69-45(29(7)76)55(91)70-46(30(8)77)58(94)72-16-13-37(80)48(72)56(92)71-47(38(81)21-39(61)82)52(88)62-22-41(84)67-44(28(6)75)54(90)64-33(10-9-15-60)59(95)96-17-14-40(83)66-43(27(5)74)53(89)63-26(4)49(85)65-34(50(86)68-42)19-31-11-12-36(79)25(3)18-31;1-3-5-7-9-11-12-10-8-6-4-2;1-2;/h11-12,17-18,24,26-30,32-35,37-38,42-48,74-81H,9-10,13-16,19-23,60H2,1-8H3,(H2,61,82)(H,62,88)(H,63,89)(H,64,90)(H,65,85)(H,66,83)(H,67,84)(H,68,86)(H,69,87)(H,70,91)(H,71,92);1,3-12H2,2H3;;/q2*-1;;. The number of aromatic hydroxyl groups is 1. The van der Waals surface area contributed by atoms with Crippen molar-refractivity contribution in [2.24, 2.45) is 17.4 Å². The van der Waals surface area contributed by atoms with E-state index in [0.29, 0.717) is 22.6 Å². The van der Waals surface area contributed by atoms with Crippen molar-refractivity contribution in [3.63, 3.8) is 0 Å². The van der Waals surface area contributed by atoms with Crippen molar-refractivity contribution in [1.82, 2.24) is 63.0 Å². The van der Waals surface area contributed by atoms with Crippen LogP contribution in [0, 0.1) is 26.4 Å². The summed E-state index contributed by atoms with van der Waals surface area (Å²) in [6.07, 6.45) is -1.57. The Morgan fingerprint density at radius 3 is 1.67 bits per heavy atom. The van der Waals surface area contributed by atoms with Crippen LogP contribution in [0.4, 0.5) is 0 Å². The number of carbonyl (C=O) groups is 14. The van der Waals surface area contributed by atoms with E-state index in [0.717, 1.165) is 39.0 Å². The molecule has 1 aromatic rings. The van der Waals surface area contributed by atoms with Crippen molar-refractivity contribution in [2.75, 3.05) is 26.2 Å². The minimum atomic E-state index is -2.22. The predicted octanol–water partition coefficient (Wildman–Crippen LogP) is -3.56. The monoisotopic (exact) mass is 1880 g/mol. The Morgan fingerprint density at radius 1 is 0.622 bits per heavy atom. The van der Waals surface area contributed by atoms with Gasteiger partial charge in [0.05, 0.1) is 55.7 Å². The minimum Gasteiger partial charge on any atom is -0.635 e. The van der Waals surface area contributed by atoms with Gasteiger partial charge in [0.25, 0.3) is 5.97 Å². The molecule has 18 atom stereocenters. The zero-order chi connectivity index (χ0) is 83.4. The second-order valence-electron chi connectivity index (χ2n) is 28.0. The molecule has 40 heteroatoms. The largest absolute Gasteiger partial charge is 0.635 e. The number of nitrogens with two attached hydrogens (primary N) is 2. The molecule has 3 saturated heterocycles. The molecule has 1 radical (unpaired) electrons. The van der Waals surface area contributed by atoms with E-state index in [1.165, 1.54) is 96.8 Å². The van der Waals surface area contributed by atoms with Crippen molar-refractivity contribution < 1.29 is 145 Å². The fraction of sp³-hybridized carbons (Fsp3) is 0.690. The van der Waals surface area contributed by atoms with Crippen LogP contribution in [0.25, 0.3) is 0 Å². The van der Waals surface area contributed by atoms with Crippen molar-refractivity contribution in [3.05, 3.63) is 42.9 Å². The predicted molar refractivity (Wildman–Crippen MR) is 415 cm³/mol. The number of aliphatic hydroxyl groups is 7. The van der Waals surface area contributed by atoms with E-state index in [2.05, 4.69) is 104 Å². The number of hydrogen-bond acceptors (Lipinski definition) is 24. The third-order valence-electron chi connectivity index (χ3n) is 18.3. The van der Waals surface area contributed by atoms with Crippen LogP contribution >= 0.6 is 37.2 Å². The van der Waals surface area contributed by atoms with Gasteiger partial charge in [-0.1, -0.05) is 97.1 Å². The zero-order valence-corrected chi connectivity index (χ0v) is 71.6. The van der Waals surface area contributed by atoms with Crippen LogP contribution in [-0.2, 0) is 111 Å². The molecule has 627 valence electrons. The Hall–Kier alpha value is -6.16. The molecule has 1 aromatic carbocycles. The Balaban J connectivity index is 0.00000373. The van der Waals surface area contributed by atoms with Crippen LogP contribution in [0.1, 0.15) is 169 Å². The SMILES string of the molecule is Cc1cc(CC2NC(=O)C(C)NC(=O)C(C(C)O)NC(=O)C[CH-]OC(=O)C(CCCN)NC(=O)C(C(C)O)NC(=O)CNC(=O)C(C(O)CC(N)=O)NC(=O)C3C(O)CCN3C(=O)C(C(C)O)NC(=O)C(C(C)O)NC(=O)C3CC(O)CN3C(=O)C(C(C)C)NC2=O)ccc1O.II.[CH2-]CCCCCCCCCCC.[Y]. The molecule has 18 unspecified atom stereocenters. The molecule has 3 aliphatic rings. The third-order valence-corrected chi connectivity index (χ3v) is 18.3. The van der Waals surface area contributed by atoms with Crippen LogP contribution in [0.5, 0.6) is 5.75 Å². The number of aliphatic hydroxyl groups excluding tert-OH is 7. The first-order valence-corrected chi connectivity index (χ1v) is 43.2. The van der Waals surface area contributed by atoms with E-state index in [1.54, 1.807) is 6.92 Å². The Bertz CT molecular complexity index is 3210. The van der Waals surface area contributed by atoms with Gasteiger partial charge in [-0.25, -0.2) is 0 Å². The number of cyclic esters (lactones) is 1. The second kappa shape index (κ2) is 53.1. The summed E-state index contributed by atoms with van der Waals surface area (Å²) in [6, 6.07) is -15.5. The minimum absolute atomic E-state index is 0. The van der Waals surface area contributed by atoms with Crippen LogP contribution < -0.4 is 64.6 Å². The van der Waals surface area contributed by atoms with E-state index in [1.807, 2.05) is 0 Å². The third kappa shape index (κ3) is 34.8. The molecule has 3 heterocycles. The van der Waals surface area contributed by atoms with E-state index in [4.69, 9.17) is 16.2 Å². The molecule has 37 nitrogen and oxygen atoms in total. The molecule has 22 N–H and O–H groups in total. The number of hydrogen-bond donors (Lipinski definition) is 20. The van der Waals surface area contributed by atoms with Gasteiger partial charge in [-0.05, 0) is 90.5 Å². The van der Waals surface area contributed by atoms with Crippen molar-refractivity contribution >= 4 is 120 Å². The zero-order valence-electron chi connectivity index (χ0n) is 64.4. The van der Waals surface area contributed by atoms with E-state index >= 15 is 0 Å². The van der Waals surface area contributed by atoms with Gasteiger partial charge in [-0.2, -0.15) is 6.42 Å². The molecule has 3 fully saturated rings. The maximum absolute atomic E-state index is 14.7. The first-order valence-electron chi connectivity index (χ1n) is 36.9. The van der Waals surface area contributed by atoms with Crippen LogP contribution in [0.15, 0.2) is 18.2 Å². The number of primary amides is 1. The summed E-state index contributed by atoms with van der Waals surface area (Å²) in [7, 11) is 0. The molecule has 4 rings (SSSR count).